The molecule has 0 bridgehead atoms. The summed E-state index contributed by atoms with van der Waals surface area (Å²) >= 11 is 0. The van der Waals surface area contributed by atoms with Crippen molar-refractivity contribution >= 4 is 11.8 Å². The van der Waals surface area contributed by atoms with Crippen molar-refractivity contribution in [2.75, 3.05) is 13.2 Å². The minimum atomic E-state index is -0.518. The van der Waals surface area contributed by atoms with Crippen LogP contribution in [0.4, 0.5) is 0 Å². The van der Waals surface area contributed by atoms with Crippen molar-refractivity contribution in [2.24, 2.45) is 5.41 Å². The van der Waals surface area contributed by atoms with E-state index < -0.39 is 11.9 Å². The smallest absolute Gasteiger partial charge is 0.337 e. The lowest BCUT2D eigenvalue weighted by Crippen LogP contribution is -2.38. The van der Waals surface area contributed by atoms with Gasteiger partial charge >= 0.3 is 5.97 Å². The average Bonchev–Trinajstić information content (AvgIpc) is 2.68. The van der Waals surface area contributed by atoms with Gasteiger partial charge in [0, 0.05) is 29.0 Å². The molecule has 1 aliphatic carbocycles. The molecular formula is C25H31NO4. The van der Waals surface area contributed by atoms with E-state index in [1.807, 2.05) is 38.1 Å². The lowest BCUT2D eigenvalue weighted by molar-refractivity contribution is -0.138. The van der Waals surface area contributed by atoms with Gasteiger partial charge in [-0.3, -0.25) is 4.79 Å². The van der Waals surface area contributed by atoms with E-state index >= 15 is 0 Å². The highest BCUT2D eigenvalue weighted by atomic mass is 16.5. The van der Waals surface area contributed by atoms with Gasteiger partial charge in [-0.05, 0) is 31.2 Å². The first-order valence-corrected chi connectivity index (χ1v) is 10.5. The number of carbonyl (C=O) groups is 2. The number of benzene rings is 1. The molecular weight excluding hydrogens is 378 g/mol. The highest BCUT2D eigenvalue weighted by Gasteiger charge is 2.43. The number of nitrogens with one attached hydrogen (secondary N) is 1. The summed E-state index contributed by atoms with van der Waals surface area (Å²) in [5.74, 6) is -0.210. The number of Topliss-reactive ketones (excluding diaryl/α,β-unsaturated/α-hetero) is 1. The molecule has 160 valence electrons. The number of dihydropyridines is 1. The molecule has 0 aromatic heterocycles. The topological polar surface area (TPSA) is 64.6 Å². The number of ketones is 1. The predicted molar refractivity (Wildman–Crippen MR) is 117 cm³/mol. The Morgan fingerprint density at radius 3 is 2.73 bits per heavy atom. The third-order valence-electron chi connectivity index (χ3n) is 5.48. The molecule has 1 aromatic carbocycles. The molecule has 0 unspecified atom stereocenters. The van der Waals surface area contributed by atoms with Gasteiger partial charge in [-0.2, -0.15) is 0 Å². The normalized spacial score (nSPS) is 20.4. The van der Waals surface area contributed by atoms with Crippen molar-refractivity contribution in [1.29, 1.82) is 0 Å². The van der Waals surface area contributed by atoms with Crippen LogP contribution in [-0.2, 0) is 14.3 Å². The van der Waals surface area contributed by atoms with Gasteiger partial charge in [0.1, 0.15) is 12.4 Å². The third kappa shape index (κ3) is 4.35. The van der Waals surface area contributed by atoms with Crippen molar-refractivity contribution in [1.82, 2.24) is 5.32 Å². The molecule has 1 heterocycles. The Labute approximate surface area is 178 Å². The zero-order chi connectivity index (χ0) is 21.9. The van der Waals surface area contributed by atoms with E-state index in [1.54, 1.807) is 0 Å². The lowest BCUT2D eigenvalue weighted by atomic mass is 9.68. The summed E-state index contributed by atoms with van der Waals surface area (Å²) in [5, 5.41) is 3.35. The summed E-state index contributed by atoms with van der Waals surface area (Å²) in [6.07, 6.45) is 3.59. The fourth-order valence-electron chi connectivity index (χ4n) is 4.29. The standard InChI is InChI=1S/C25H31NO4/c1-6-12-29-20-11-9-8-10-17(20)22-21(24(28)30-13-7-2)16(3)26-18-14-25(4,5)15-19(27)23(18)22/h7-11,22,26H,2,6,12-15H2,1,3-5H3/t22-/m0/s1. The summed E-state index contributed by atoms with van der Waals surface area (Å²) in [7, 11) is 0. The second-order valence-electron chi connectivity index (χ2n) is 8.70. The van der Waals surface area contributed by atoms with Gasteiger partial charge in [0.2, 0.25) is 0 Å². The fourth-order valence-corrected chi connectivity index (χ4v) is 4.29. The molecule has 0 spiro atoms. The Hall–Kier alpha value is -2.82. The van der Waals surface area contributed by atoms with Crippen LogP contribution in [0.5, 0.6) is 5.75 Å². The Morgan fingerprint density at radius 1 is 1.30 bits per heavy atom. The van der Waals surface area contributed by atoms with Crippen LogP contribution in [-0.4, -0.2) is 25.0 Å². The maximum absolute atomic E-state index is 13.3. The van der Waals surface area contributed by atoms with Crippen molar-refractivity contribution in [3.05, 3.63) is 65.0 Å². The molecule has 0 saturated heterocycles. The molecule has 5 nitrogen and oxygen atoms in total. The number of carbonyl (C=O) groups excluding carboxylic acids is 2. The van der Waals surface area contributed by atoms with Crippen LogP contribution in [0.3, 0.4) is 0 Å². The highest BCUT2D eigenvalue weighted by molar-refractivity contribution is 6.04. The third-order valence-corrected chi connectivity index (χ3v) is 5.48. The van der Waals surface area contributed by atoms with Crippen molar-refractivity contribution in [3.63, 3.8) is 0 Å². The van der Waals surface area contributed by atoms with Crippen LogP contribution < -0.4 is 10.1 Å². The summed E-state index contributed by atoms with van der Waals surface area (Å²) in [5.41, 5.74) is 3.40. The van der Waals surface area contributed by atoms with Gasteiger partial charge in [-0.25, -0.2) is 4.79 Å². The van der Waals surface area contributed by atoms with Crippen LogP contribution in [0.25, 0.3) is 0 Å². The highest BCUT2D eigenvalue weighted by Crippen LogP contribution is 2.48. The van der Waals surface area contributed by atoms with E-state index in [0.717, 1.165) is 24.1 Å². The maximum atomic E-state index is 13.3. The Morgan fingerprint density at radius 2 is 2.03 bits per heavy atom. The fraction of sp³-hybridized carbons (Fsp3) is 0.440. The molecule has 1 aromatic rings. The second-order valence-corrected chi connectivity index (χ2v) is 8.70. The Balaban J connectivity index is 2.17. The number of rotatable bonds is 7. The summed E-state index contributed by atoms with van der Waals surface area (Å²) in [6.45, 7) is 12.4. The van der Waals surface area contributed by atoms with E-state index in [-0.39, 0.29) is 17.8 Å². The molecule has 0 saturated carbocycles. The van der Waals surface area contributed by atoms with E-state index in [4.69, 9.17) is 9.47 Å². The van der Waals surface area contributed by atoms with Crippen molar-refractivity contribution < 1.29 is 19.1 Å². The summed E-state index contributed by atoms with van der Waals surface area (Å²) < 4.78 is 11.4. The molecule has 0 fully saturated rings. The first kappa shape index (κ1) is 21.9. The minimum Gasteiger partial charge on any atom is -0.493 e. The average molecular weight is 410 g/mol. The molecule has 3 rings (SSSR count). The molecule has 0 amide bonds. The molecule has 1 atom stereocenters. The van der Waals surface area contributed by atoms with Crippen LogP contribution in [0, 0.1) is 5.41 Å². The maximum Gasteiger partial charge on any atom is 0.337 e. The Kier molecular flexibility index (Phi) is 6.49. The zero-order valence-electron chi connectivity index (χ0n) is 18.3. The van der Waals surface area contributed by atoms with Crippen LogP contribution >= 0.6 is 0 Å². The van der Waals surface area contributed by atoms with Crippen LogP contribution in [0.1, 0.15) is 58.4 Å². The van der Waals surface area contributed by atoms with E-state index in [1.165, 1.54) is 6.08 Å². The quantitative estimate of drug-likeness (QED) is 0.517. The van der Waals surface area contributed by atoms with Gasteiger partial charge in [0.25, 0.3) is 0 Å². The van der Waals surface area contributed by atoms with Crippen LogP contribution in [0.15, 0.2) is 59.5 Å². The van der Waals surface area contributed by atoms with Gasteiger partial charge < -0.3 is 14.8 Å². The van der Waals surface area contributed by atoms with Crippen molar-refractivity contribution in [3.8, 4) is 5.75 Å². The zero-order valence-corrected chi connectivity index (χ0v) is 18.3. The monoisotopic (exact) mass is 409 g/mol. The van der Waals surface area contributed by atoms with E-state index in [9.17, 15) is 9.59 Å². The summed E-state index contributed by atoms with van der Waals surface area (Å²) in [4.78, 5) is 26.4. The first-order chi connectivity index (χ1) is 14.3. The van der Waals surface area contributed by atoms with Gasteiger partial charge in [-0.1, -0.05) is 51.6 Å². The molecule has 5 heteroatoms. The largest absolute Gasteiger partial charge is 0.493 e. The first-order valence-electron chi connectivity index (χ1n) is 10.5. The number of hydrogen-bond acceptors (Lipinski definition) is 5. The summed E-state index contributed by atoms with van der Waals surface area (Å²) in [6, 6.07) is 7.65. The van der Waals surface area contributed by atoms with E-state index in [0.29, 0.717) is 35.6 Å². The van der Waals surface area contributed by atoms with E-state index in [2.05, 4.69) is 25.7 Å². The van der Waals surface area contributed by atoms with Gasteiger partial charge in [0.15, 0.2) is 5.78 Å². The molecule has 1 aliphatic heterocycles. The van der Waals surface area contributed by atoms with Crippen molar-refractivity contribution in [2.45, 2.75) is 52.9 Å². The number of allylic oxidation sites excluding steroid dienone is 3. The number of esters is 1. The molecule has 2 aliphatic rings. The SMILES string of the molecule is C=CCOC(=O)C1=C(C)NC2=C(C(=O)CC(C)(C)C2)[C@H]1c1ccccc1OCCC. The number of hydrogen-bond donors (Lipinski definition) is 1. The molecule has 30 heavy (non-hydrogen) atoms. The Bertz CT molecular complexity index is 923. The second kappa shape index (κ2) is 8.90. The number of ether oxygens (including phenoxy) is 2. The van der Waals surface area contributed by atoms with Gasteiger partial charge in [-0.15, -0.1) is 0 Å². The van der Waals surface area contributed by atoms with Gasteiger partial charge in [0.05, 0.1) is 18.1 Å². The molecule has 0 radical (unpaired) electrons. The predicted octanol–water partition coefficient (Wildman–Crippen LogP) is 4.81. The lowest BCUT2D eigenvalue weighted by Gasteiger charge is -2.39. The molecule has 1 N–H and O–H groups in total. The number of para-hydroxylation sites is 1. The minimum absolute atomic E-state index is 0.0607. The van der Waals surface area contributed by atoms with Crippen LogP contribution in [0.2, 0.25) is 0 Å².